The Morgan fingerprint density at radius 3 is 2.19 bits per heavy atom. The highest BCUT2D eigenvalue weighted by Gasteiger charge is 2.26. The van der Waals surface area contributed by atoms with Gasteiger partial charge in [-0.05, 0) is 55.3 Å². The number of sulfonamides is 1. The molecule has 1 saturated heterocycles. The Balaban J connectivity index is 1.63. The fourth-order valence-electron chi connectivity index (χ4n) is 3.63. The van der Waals surface area contributed by atoms with Crippen LogP contribution in [0.2, 0.25) is 0 Å². The van der Waals surface area contributed by atoms with Crippen LogP contribution in [0.5, 0.6) is 0 Å². The van der Waals surface area contributed by atoms with Gasteiger partial charge in [-0.3, -0.25) is 4.79 Å². The van der Waals surface area contributed by atoms with Gasteiger partial charge in [0.15, 0.2) is 14.6 Å². The molecular weight excluding hydrogens is 470 g/mol. The molecule has 1 aliphatic rings. The van der Waals surface area contributed by atoms with Gasteiger partial charge in [-0.15, -0.1) is 0 Å². The number of carbonyl (C=O) groups is 1. The van der Waals surface area contributed by atoms with Gasteiger partial charge in [-0.1, -0.05) is 17.8 Å². The van der Waals surface area contributed by atoms with Gasteiger partial charge in [0, 0.05) is 32.0 Å². The molecule has 1 fully saturated rings. The fourth-order valence-corrected chi connectivity index (χ4v) is 6.92. The summed E-state index contributed by atoms with van der Waals surface area (Å²) in [6, 6.07) is 10.6. The smallest absolute Gasteiger partial charge is 0.279 e. The maximum Gasteiger partial charge on any atom is 0.279 e. The molecule has 11 heteroatoms. The van der Waals surface area contributed by atoms with Gasteiger partial charge >= 0.3 is 0 Å². The minimum atomic E-state index is -3.56. The number of hydrogen-bond acceptors (Lipinski definition) is 6. The van der Waals surface area contributed by atoms with E-state index in [1.54, 1.807) is 23.7 Å². The zero-order valence-electron chi connectivity index (χ0n) is 17.7. The van der Waals surface area contributed by atoms with Crippen LogP contribution in [0, 0.1) is 0 Å². The molecule has 0 bridgehead atoms. The van der Waals surface area contributed by atoms with Crippen molar-refractivity contribution in [3.05, 3.63) is 52.8 Å². The van der Waals surface area contributed by atoms with E-state index in [1.807, 2.05) is 0 Å². The van der Waals surface area contributed by atoms with Crippen molar-refractivity contribution < 1.29 is 21.6 Å². The summed E-state index contributed by atoms with van der Waals surface area (Å²) in [6.45, 7) is 1.03. The number of fused-ring (bicyclic) bond motifs is 1. The van der Waals surface area contributed by atoms with Crippen molar-refractivity contribution in [2.24, 2.45) is 12.0 Å². The van der Waals surface area contributed by atoms with Gasteiger partial charge in [0.1, 0.15) is 0 Å². The first-order chi connectivity index (χ1) is 15.1. The molecule has 8 nitrogen and oxygen atoms in total. The number of piperidine rings is 1. The second-order valence-electron chi connectivity index (χ2n) is 7.75. The summed E-state index contributed by atoms with van der Waals surface area (Å²) < 4.78 is 53.1. The normalized spacial score (nSPS) is 16.5. The van der Waals surface area contributed by atoms with Crippen LogP contribution < -0.4 is 4.80 Å². The summed E-state index contributed by atoms with van der Waals surface area (Å²) in [5.74, 6) is -0.502. The van der Waals surface area contributed by atoms with Gasteiger partial charge in [0.2, 0.25) is 10.0 Å². The first-order valence-corrected chi connectivity index (χ1v) is 14.2. The topological polar surface area (TPSA) is 106 Å². The highest BCUT2D eigenvalue weighted by molar-refractivity contribution is 7.90. The lowest BCUT2D eigenvalue weighted by molar-refractivity contribution is 0.0998. The molecule has 0 atom stereocenters. The highest BCUT2D eigenvalue weighted by Crippen LogP contribution is 2.22. The Morgan fingerprint density at radius 1 is 0.938 bits per heavy atom. The van der Waals surface area contributed by atoms with Crippen LogP contribution in [0.3, 0.4) is 0 Å². The van der Waals surface area contributed by atoms with E-state index in [-0.39, 0.29) is 15.4 Å². The van der Waals surface area contributed by atoms with E-state index in [4.69, 9.17) is 0 Å². The number of thiazole rings is 1. The van der Waals surface area contributed by atoms with Gasteiger partial charge in [0.25, 0.3) is 5.91 Å². The average Bonchev–Trinajstić information content (AvgIpc) is 3.08. The number of hydrogen-bond donors (Lipinski definition) is 0. The summed E-state index contributed by atoms with van der Waals surface area (Å²) in [6.07, 6.45) is 3.89. The number of sulfone groups is 1. The van der Waals surface area contributed by atoms with Crippen LogP contribution in [0.4, 0.5) is 0 Å². The Kier molecular flexibility index (Phi) is 6.10. The second kappa shape index (κ2) is 8.54. The molecule has 170 valence electrons. The van der Waals surface area contributed by atoms with Crippen molar-refractivity contribution in [3.8, 4) is 0 Å². The fraction of sp³-hybridized carbons (Fsp3) is 0.333. The molecule has 3 aromatic rings. The largest absolute Gasteiger partial charge is 0.319 e. The molecule has 32 heavy (non-hydrogen) atoms. The molecule has 0 aliphatic carbocycles. The van der Waals surface area contributed by atoms with E-state index in [0.29, 0.717) is 22.6 Å². The van der Waals surface area contributed by atoms with E-state index in [1.165, 1.54) is 46.0 Å². The summed E-state index contributed by atoms with van der Waals surface area (Å²) >= 11 is 1.21. The molecule has 4 rings (SSSR count). The zero-order chi connectivity index (χ0) is 23.1. The number of aromatic nitrogens is 1. The Morgan fingerprint density at radius 2 is 1.56 bits per heavy atom. The van der Waals surface area contributed by atoms with Crippen molar-refractivity contribution >= 4 is 47.3 Å². The van der Waals surface area contributed by atoms with Crippen LogP contribution in [-0.2, 0) is 26.9 Å². The predicted octanol–water partition coefficient (Wildman–Crippen LogP) is 2.56. The third-order valence-corrected chi connectivity index (χ3v) is 9.58. The minimum Gasteiger partial charge on any atom is -0.319 e. The number of aryl methyl sites for hydroxylation is 1. The predicted molar refractivity (Wildman–Crippen MR) is 123 cm³/mol. The maximum atomic E-state index is 12.8. The Bertz CT molecular complexity index is 1460. The molecule has 0 N–H and O–H groups in total. The molecule has 0 unspecified atom stereocenters. The van der Waals surface area contributed by atoms with Gasteiger partial charge in [0.05, 0.1) is 20.0 Å². The van der Waals surface area contributed by atoms with Crippen molar-refractivity contribution in [3.63, 3.8) is 0 Å². The summed E-state index contributed by atoms with van der Waals surface area (Å²) in [7, 11) is -5.16. The van der Waals surface area contributed by atoms with Crippen LogP contribution in [-0.4, -0.2) is 51.0 Å². The first kappa shape index (κ1) is 22.8. The van der Waals surface area contributed by atoms with E-state index in [0.717, 1.165) is 31.0 Å². The monoisotopic (exact) mass is 493 g/mol. The van der Waals surface area contributed by atoms with Crippen molar-refractivity contribution in [1.82, 2.24) is 8.87 Å². The Labute approximate surface area is 190 Å². The SMILES string of the molecule is Cn1c(=NC(=O)c2ccc(S(=O)(=O)N3CCCCC3)cc2)sc2cc(S(C)(=O)=O)ccc21. The van der Waals surface area contributed by atoms with Crippen molar-refractivity contribution in [2.75, 3.05) is 19.3 Å². The van der Waals surface area contributed by atoms with E-state index in [9.17, 15) is 21.6 Å². The number of amides is 1. The maximum absolute atomic E-state index is 12.8. The number of benzene rings is 2. The molecule has 0 radical (unpaired) electrons. The van der Waals surface area contributed by atoms with Gasteiger partial charge in [-0.2, -0.15) is 9.30 Å². The summed E-state index contributed by atoms with van der Waals surface area (Å²) in [5, 5.41) is 0. The molecule has 2 heterocycles. The van der Waals surface area contributed by atoms with Crippen molar-refractivity contribution in [2.45, 2.75) is 29.1 Å². The lowest BCUT2D eigenvalue weighted by Crippen LogP contribution is -2.35. The number of carbonyl (C=O) groups excluding carboxylic acids is 1. The zero-order valence-corrected chi connectivity index (χ0v) is 20.1. The van der Waals surface area contributed by atoms with Crippen LogP contribution in [0.1, 0.15) is 29.6 Å². The van der Waals surface area contributed by atoms with Crippen LogP contribution in [0.15, 0.2) is 57.2 Å². The summed E-state index contributed by atoms with van der Waals surface area (Å²) in [4.78, 5) is 17.7. The van der Waals surface area contributed by atoms with E-state index < -0.39 is 25.8 Å². The van der Waals surface area contributed by atoms with Crippen LogP contribution >= 0.6 is 11.3 Å². The highest BCUT2D eigenvalue weighted by atomic mass is 32.2. The second-order valence-corrected chi connectivity index (χ2v) is 12.7. The number of rotatable bonds is 4. The third-order valence-electron chi connectivity index (χ3n) is 5.46. The molecular formula is C21H23N3O5S3. The van der Waals surface area contributed by atoms with Crippen molar-refractivity contribution in [1.29, 1.82) is 0 Å². The molecule has 0 spiro atoms. The minimum absolute atomic E-state index is 0.164. The molecule has 1 aliphatic heterocycles. The standard InChI is InChI=1S/C21H23N3O5S3/c1-23-18-11-10-17(31(2,26)27)14-19(18)30-21(23)22-20(25)15-6-8-16(9-7-15)32(28,29)24-12-4-3-5-13-24/h6-11,14H,3-5,12-13H2,1-2H3. The molecule has 1 aromatic heterocycles. The third kappa shape index (κ3) is 4.42. The molecule has 0 saturated carbocycles. The lowest BCUT2D eigenvalue weighted by atomic mass is 10.2. The molecule has 1 amide bonds. The lowest BCUT2D eigenvalue weighted by Gasteiger charge is -2.25. The van der Waals surface area contributed by atoms with E-state index >= 15 is 0 Å². The molecule has 2 aromatic carbocycles. The average molecular weight is 494 g/mol. The summed E-state index contributed by atoms with van der Waals surface area (Å²) in [5.41, 5.74) is 1.04. The van der Waals surface area contributed by atoms with Gasteiger partial charge in [-0.25, -0.2) is 16.8 Å². The Hall–Kier alpha value is -2.34. The van der Waals surface area contributed by atoms with Gasteiger partial charge < -0.3 is 4.57 Å². The first-order valence-electron chi connectivity index (χ1n) is 10.1. The van der Waals surface area contributed by atoms with E-state index in [2.05, 4.69) is 4.99 Å². The van der Waals surface area contributed by atoms with Crippen LogP contribution in [0.25, 0.3) is 10.2 Å². The number of nitrogens with zero attached hydrogens (tertiary/aromatic N) is 3. The quantitative estimate of drug-likeness (QED) is 0.555.